The lowest BCUT2D eigenvalue weighted by Gasteiger charge is -2.40. The highest BCUT2D eigenvalue weighted by atomic mass is 16.7. The molecule has 4 rings (SSSR count). The molecule has 1 unspecified atom stereocenters. The summed E-state index contributed by atoms with van der Waals surface area (Å²) in [5.74, 6) is -0.434. The molecule has 3 aliphatic rings. The SMILES string of the molecule is CC(C)(C)OC(=O)N[C@H]1CCCN(OC(=O)c2ccccc2)[C@H]1COC1CC=C(B2OC(C)(C)C(C)(C)O2)CC1. The van der Waals surface area contributed by atoms with Crippen LogP contribution in [0.25, 0.3) is 0 Å². The molecule has 220 valence electrons. The molecule has 40 heavy (non-hydrogen) atoms. The van der Waals surface area contributed by atoms with Gasteiger partial charge in [0.05, 0.1) is 41.6 Å². The summed E-state index contributed by atoms with van der Waals surface area (Å²) in [5, 5.41) is 4.66. The molecule has 3 atom stereocenters. The molecular weight excluding hydrogens is 511 g/mol. The molecule has 0 aromatic heterocycles. The minimum Gasteiger partial charge on any atom is -0.444 e. The van der Waals surface area contributed by atoms with E-state index in [0.717, 1.165) is 37.6 Å². The molecular formula is C30H45BN2O7. The molecule has 1 amide bonds. The van der Waals surface area contributed by atoms with E-state index in [0.29, 0.717) is 18.7 Å². The van der Waals surface area contributed by atoms with E-state index in [2.05, 4.69) is 39.1 Å². The second kappa shape index (κ2) is 12.2. The Kier molecular flexibility index (Phi) is 9.34. The first-order valence-electron chi connectivity index (χ1n) is 14.4. The van der Waals surface area contributed by atoms with Crippen LogP contribution in [0.1, 0.15) is 90.9 Å². The number of carbonyl (C=O) groups is 2. The van der Waals surface area contributed by atoms with Gasteiger partial charge in [-0.25, -0.2) is 9.59 Å². The Morgan fingerprint density at radius 1 is 1.07 bits per heavy atom. The molecule has 2 fully saturated rings. The Hall–Kier alpha value is -2.40. The maximum Gasteiger partial charge on any atom is 0.490 e. The van der Waals surface area contributed by atoms with Gasteiger partial charge in [0.1, 0.15) is 5.60 Å². The van der Waals surface area contributed by atoms with Crippen molar-refractivity contribution in [2.24, 2.45) is 0 Å². The van der Waals surface area contributed by atoms with E-state index in [4.69, 9.17) is 23.6 Å². The van der Waals surface area contributed by atoms with Crippen LogP contribution in [0.4, 0.5) is 4.79 Å². The average molecular weight is 557 g/mol. The minimum absolute atomic E-state index is 0.00181. The Labute approximate surface area is 239 Å². The second-order valence-corrected chi connectivity index (χ2v) is 12.9. The van der Waals surface area contributed by atoms with Gasteiger partial charge in [-0.1, -0.05) is 24.3 Å². The number of nitrogens with zero attached hydrogens (tertiary/aromatic N) is 1. The number of amides is 1. The average Bonchev–Trinajstić information content (AvgIpc) is 3.10. The van der Waals surface area contributed by atoms with Gasteiger partial charge in [0.2, 0.25) is 0 Å². The zero-order valence-electron chi connectivity index (χ0n) is 25.0. The molecule has 0 radical (unpaired) electrons. The molecule has 1 aromatic carbocycles. The molecule has 2 saturated heterocycles. The van der Waals surface area contributed by atoms with Gasteiger partial charge in [-0.05, 0) is 98.2 Å². The van der Waals surface area contributed by atoms with E-state index in [1.54, 1.807) is 29.3 Å². The zero-order valence-corrected chi connectivity index (χ0v) is 25.0. The van der Waals surface area contributed by atoms with E-state index in [1.807, 2.05) is 26.8 Å². The fourth-order valence-electron chi connectivity index (χ4n) is 5.12. The first-order chi connectivity index (χ1) is 18.7. The second-order valence-electron chi connectivity index (χ2n) is 12.9. The number of rotatable bonds is 7. The van der Waals surface area contributed by atoms with Crippen LogP contribution in [0.3, 0.4) is 0 Å². The maximum atomic E-state index is 12.9. The summed E-state index contributed by atoms with van der Waals surface area (Å²) in [6.07, 6.45) is 5.54. The van der Waals surface area contributed by atoms with Crippen LogP contribution >= 0.6 is 0 Å². The molecule has 10 heteroatoms. The zero-order chi connectivity index (χ0) is 29.1. The number of piperidine rings is 1. The first-order valence-corrected chi connectivity index (χ1v) is 14.4. The Morgan fingerprint density at radius 2 is 1.75 bits per heavy atom. The summed E-state index contributed by atoms with van der Waals surface area (Å²) in [6.45, 7) is 14.6. The predicted molar refractivity (Wildman–Crippen MR) is 152 cm³/mol. The number of hydrogen-bond acceptors (Lipinski definition) is 8. The lowest BCUT2D eigenvalue weighted by atomic mass is 9.72. The molecule has 2 aliphatic heterocycles. The quantitative estimate of drug-likeness (QED) is 0.456. The fraction of sp³-hybridized carbons (Fsp3) is 0.667. The molecule has 0 bridgehead atoms. The van der Waals surface area contributed by atoms with Crippen LogP contribution in [0.15, 0.2) is 41.9 Å². The summed E-state index contributed by atoms with van der Waals surface area (Å²) >= 11 is 0. The monoisotopic (exact) mass is 556 g/mol. The van der Waals surface area contributed by atoms with Crippen molar-refractivity contribution in [3.63, 3.8) is 0 Å². The molecule has 0 spiro atoms. The van der Waals surface area contributed by atoms with Crippen LogP contribution in [-0.4, -0.2) is 72.4 Å². The van der Waals surface area contributed by atoms with Crippen molar-refractivity contribution in [3.8, 4) is 0 Å². The van der Waals surface area contributed by atoms with Crippen molar-refractivity contribution < 1.29 is 33.2 Å². The molecule has 1 aromatic rings. The first kappa shape index (κ1) is 30.6. The van der Waals surface area contributed by atoms with Crippen molar-refractivity contribution in [3.05, 3.63) is 47.4 Å². The molecule has 9 nitrogen and oxygen atoms in total. The standard InChI is InChI=1S/C30H45BN2O7/c1-28(2,3)37-27(35)32-24-14-11-19-33(38-26(34)21-12-9-8-10-13-21)25(24)20-36-23-17-15-22(16-18-23)31-39-29(4,5)30(6,7)40-31/h8-10,12-13,15,23-25H,11,14,16-20H2,1-7H3,(H,32,35)/t23?,24-,25-/m0/s1. The topological polar surface area (TPSA) is 95.6 Å². The van der Waals surface area contributed by atoms with Gasteiger partial charge in [0.25, 0.3) is 0 Å². The fourth-order valence-corrected chi connectivity index (χ4v) is 5.12. The number of carbonyl (C=O) groups excluding carboxylic acids is 2. The van der Waals surface area contributed by atoms with Gasteiger partial charge in [0.15, 0.2) is 0 Å². The largest absolute Gasteiger partial charge is 0.490 e. The maximum absolute atomic E-state index is 12.9. The lowest BCUT2D eigenvalue weighted by molar-refractivity contribution is -0.175. The van der Waals surface area contributed by atoms with Gasteiger partial charge in [-0.15, -0.1) is 5.06 Å². The molecule has 1 N–H and O–H groups in total. The summed E-state index contributed by atoms with van der Waals surface area (Å²) in [5.41, 5.74) is 0.261. The third-order valence-electron chi connectivity index (χ3n) is 8.10. The van der Waals surface area contributed by atoms with Gasteiger partial charge >= 0.3 is 19.2 Å². The number of hydrogen-bond donors (Lipinski definition) is 1. The summed E-state index contributed by atoms with van der Waals surface area (Å²) < 4.78 is 24.4. The van der Waals surface area contributed by atoms with Crippen molar-refractivity contribution in [1.82, 2.24) is 10.4 Å². The minimum atomic E-state index is -0.618. The van der Waals surface area contributed by atoms with Gasteiger partial charge < -0.3 is 28.9 Å². The van der Waals surface area contributed by atoms with Crippen molar-refractivity contribution in [2.45, 2.75) is 116 Å². The van der Waals surface area contributed by atoms with E-state index in [9.17, 15) is 9.59 Å². The van der Waals surface area contributed by atoms with E-state index in [-0.39, 0.29) is 36.5 Å². The number of benzene rings is 1. The molecule has 0 saturated carbocycles. The van der Waals surface area contributed by atoms with E-state index in [1.165, 1.54) is 0 Å². The summed E-state index contributed by atoms with van der Waals surface area (Å²) in [4.78, 5) is 31.4. The van der Waals surface area contributed by atoms with Crippen molar-refractivity contribution >= 4 is 19.2 Å². The highest BCUT2D eigenvalue weighted by Gasteiger charge is 2.52. The normalized spacial score (nSPS) is 26.6. The molecule has 2 heterocycles. The number of hydroxylamine groups is 2. The van der Waals surface area contributed by atoms with Crippen molar-refractivity contribution in [1.29, 1.82) is 0 Å². The van der Waals surface area contributed by atoms with Gasteiger partial charge in [-0.3, -0.25) is 0 Å². The Balaban J connectivity index is 1.40. The van der Waals surface area contributed by atoms with Gasteiger partial charge in [0, 0.05) is 6.54 Å². The van der Waals surface area contributed by atoms with Crippen molar-refractivity contribution in [2.75, 3.05) is 13.2 Å². The summed E-state index contributed by atoms with van der Waals surface area (Å²) in [7, 11) is -0.334. The number of alkyl carbamates (subject to hydrolysis) is 1. The number of ether oxygens (including phenoxy) is 2. The predicted octanol–water partition coefficient (Wildman–Crippen LogP) is 5.24. The smallest absolute Gasteiger partial charge is 0.444 e. The van der Waals surface area contributed by atoms with E-state index < -0.39 is 17.7 Å². The number of nitrogens with one attached hydrogen (secondary N) is 1. The highest BCUT2D eigenvalue weighted by Crippen LogP contribution is 2.40. The van der Waals surface area contributed by atoms with Gasteiger partial charge in [-0.2, -0.15) is 0 Å². The highest BCUT2D eigenvalue weighted by molar-refractivity contribution is 6.54. The van der Waals surface area contributed by atoms with E-state index >= 15 is 0 Å². The Morgan fingerprint density at radius 3 is 2.35 bits per heavy atom. The van der Waals surface area contributed by atoms with Crippen LogP contribution in [0.5, 0.6) is 0 Å². The van der Waals surface area contributed by atoms with Crippen LogP contribution in [0.2, 0.25) is 0 Å². The van der Waals surface area contributed by atoms with Crippen LogP contribution in [-0.2, 0) is 23.6 Å². The number of allylic oxidation sites excluding steroid dienone is 1. The molecule has 1 aliphatic carbocycles. The lowest BCUT2D eigenvalue weighted by Crippen LogP contribution is -2.58. The summed E-state index contributed by atoms with van der Waals surface area (Å²) in [6, 6.07) is 8.24. The third-order valence-corrected chi connectivity index (χ3v) is 8.10. The van der Waals surface area contributed by atoms with Crippen LogP contribution < -0.4 is 5.32 Å². The third kappa shape index (κ3) is 7.66. The van der Waals surface area contributed by atoms with Crippen LogP contribution in [0, 0.1) is 0 Å². The Bertz CT molecular complexity index is 1050.